The molecule has 0 saturated heterocycles. The Balaban J connectivity index is 2.50. The van der Waals surface area contributed by atoms with Crippen LogP contribution in [-0.4, -0.2) is 53.2 Å². The van der Waals surface area contributed by atoms with E-state index >= 15 is 0 Å². The number of unbranched alkanes of at least 4 members (excludes halogenated alkanes) is 2. The van der Waals surface area contributed by atoms with Crippen molar-refractivity contribution < 1.29 is 24.1 Å². The second-order valence-electron chi connectivity index (χ2n) is 9.06. The van der Waals surface area contributed by atoms with Crippen LogP contribution in [0.25, 0.3) is 0 Å². The lowest BCUT2D eigenvalue weighted by Crippen LogP contribution is -2.58. The van der Waals surface area contributed by atoms with Gasteiger partial charge in [0.05, 0.1) is 10.5 Å². The summed E-state index contributed by atoms with van der Waals surface area (Å²) in [4.78, 5) is 62.3. The highest BCUT2D eigenvalue weighted by Crippen LogP contribution is 2.23. The molecule has 1 aliphatic heterocycles. The zero-order valence-corrected chi connectivity index (χ0v) is 21.0. The van der Waals surface area contributed by atoms with E-state index in [1.165, 1.54) is 12.1 Å². The van der Waals surface area contributed by atoms with E-state index in [1.54, 1.807) is 6.92 Å². The Morgan fingerprint density at radius 3 is 2.47 bits per heavy atom. The Hall–Kier alpha value is -3.70. The van der Waals surface area contributed by atoms with Crippen molar-refractivity contribution in [3.63, 3.8) is 0 Å². The van der Waals surface area contributed by atoms with Gasteiger partial charge >= 0.3 is 0 Å². The van der Waals surface area contributed by atoms with Gasteiger partial charge in [0.1, 0.15) is 18.1 Å². The molecule has 0 aromatic heterocycles. The number of nitrogens with two attached hydrogens (primary N) is 1. The smallest absolute Gasteiger partial charge is 0.270 e. The average Bonchev–Trinajstić information content (AvgIpc) is 2.84. The van der Waals surface area contributed by atoms with E-state index in [1.807, 2.05) is 13.8 Å². The third-order valence-electron chi connectivity index (χ3n) is 6.38. The fraction of sp³-hybridized carbons (Fsp3) is 0.583. The average molecular weight is 505 g/mol. The molecule has 2 rings (SSSR count). The molecule has 1 heterocycles. The number of hydrogen-bond donors (Lipinski definition) is 5. The number of nitro groups is 1. The van der Waals surface area contributed by atoms with E-state index in [0.29, 0.717) is 19.3 Å². The summed E-state index contributed by atoms with van der Waals surface area (Å²) in [5, 5.41) is 22.4. The van der Waals surface area contributed by atoms with Gasteiger partial charge in [0.25, 0.3) is 11.6 Å². The van der Waals surface area contributed by atoms with Crippen LogP contribution in [0.5, 0.6) is 0 Å². The molecule has 6 N–H and O–H groups in total. The summed E-state index contributed by atoms with van der Waals surface area (Å²) in [6.07, 6.45) is 3.44. The van der Waals surface area contributed by atoms with E-state index < -0.39 is 46.7 Å². The van der Waals surface area contributed by atoms with Gasteiger partial charge < -0.3 is 27.0 Å². The summed E-state index contributed by atoms with van der Waals surface area (Å²) in [7, 11) is 0. The molecule has 4 amide bonds. The van der Waals surface area contributed by atoms with E-state index in [4.69, 9.17) is 5.73 Å². The third-order valence-corrected chi connectivity index (χ3v) is 6.38. The maximum absolute atomic E-state index is 13.3. The molecule has 4 atom stereocenters. The summed E-state index contributed by atoms with van der Waals surface area (Å²) in [6, 6.07) is 0.841. The van der Waals surface area contributed by atoms with Gasteiger partial charge in [-0.2, -0.15) is 0 Å². The van der Waals surface area contributed by atoms with Gasteiger partial charge in [-0.3, -0.25) is 29.3 Å². The third kappa shape index (κ3) is 7.65. The molecule has 0 aliphatic carbocycles. The van der Waals surface area contributed by atoms with Crippen molar-refractivity contribution in [3.8, 4) is 0 Å². The first-order chi connectivity index (χ1) is 17.1. The van der Waals surface area contributed by atoms with Gasteiger partial charge in [-0.1, -0.05) is 46.5 Å². The molecule has 12 heteroatoms. The highest BCUT2D eigenvalue weighted by atomic mass is 16.6. The summed E-state index contributed by atoms with van der Waals surface area (Å²) >= 11 is 0. The number of hydrogen-bond acceptors (Lipinski definition) is 7. The second-order valence-corrected chi connectivity index (χ2v) is 9.06. The van der Waals surface area contributed by atoms with Gasteiger partial charge in [-0.15, -0.1) is 0 Å². The van der Waals surface area contributed by atoms with Gasteiger partial charge in [-0.25, -0.2) is 0 Å². The SMILES string of the molecule is CCCCC[C@@H]1NC(=O)[C@H]([C@H](C)CC)NC(=O)c2cc([N+](=O)[O-])ccc2NCC[C@@H](C(N)=O)NC1=O. The van der Waals surface area contributed by atoms with Crippen molar-refractivity contribution in [2.24, 2.45) is 11.7 Å². The molecule has 1 aliphatic rings. The molecule has 36 heavy (non-hydrogen) atoms. The number of nitrogens with one attached hydrogen (secondary N) is 4. The molecular formula is C24H36N6O6. The van der Waals surface area contributed by atoms with E-state index in [2.05, 4.69) is 21.3 Å². The number of anilines is 1. The van der Waals surface area contributed by atoms with Crippen molar-refractivity contribution in [3.05, 3.63) is 33.9 Å². The van der Waals surface area contributed by atoms with Gasteiger partial charge in [0.2, 0.25) is 17.7 Å². The lowest BCUT2D eigenvalue weighted by molar-refractivity contribution is -0.384. The number of carbonyl (C=O) groups excluding carboxylic acids is 4. The predicted molar refractivity (Wildman–Crippen MR) is 134 cm³/mol. The fourth-order valence-electron chi connectivity index (χ4n) is 3.95. The van der Waals surface area contributed by atoms with Gasteiger partial charge in [0, 0.05) is 24.4 Å². The maximum Gasteiger partial charge on any atom is 0.270 e. The summed E-state index contributed by atoms with van der Waals surface area (Å²) in [5.41, 5.74) is 5.49. The van der Waals surface area contributed by atoms with Gasteiger partial charge in [0.15, 0.2) is 0 Å². The Labute approximate surface area is 210 Å². The molecule has 198 valence electrons. The van der Waals surface area contributed by atoms with Crippen molar-refractivity contribution >= 4 is 35.0 Å². The zero-order valence-electron chi connectivity index (χ0n) is 21.0. The first-order valence-electron chi connectivity index (χ1n) is 12.3. The number of rotatable bonds is 8. The molecule has 0 fully saturated rings. The van der Waals surface area contributed by atoms with Crippen LogP contribution in [0.1, 0.15) is 69.7 Å². The maximum atomic E-state index is 13.3. The minimum Gasteiger partial charge on any atom is -0.384 e. The number of carbonyl (C=O) groups is 4. The van der Waals surface area contributed by atoms with Crippen molar-refractivity contribution in [1.29, 1.82) is 0 Å². The first kappa shape index (κ1) is 28.5. The largest absolute Gasteiger partial charge is 0.384 e. The highest BCUT2D eigenvalue weighted by molar-refractivity contribution is 6.03. The molecule has 12 nitrogen and oxygen atoms in total. The molecule has 1 aromatic rings. The van der Waals surface area contributed by atoms with E-state index in [0.717, 1.165) is 18.9 Å². The first-order valence-corrected chi connectivity index (χ1v) is 12.3. The monoisotopic (exact) mass is 504 g/mol. The topological polar surface area (TPSA) is 186 Å². The van der Waals surface area contributed by atoms with Crippen LogP contribution in [0.2, 0.25) is 0 Å². The molecule has 1 aromatic carbocycles. The summed E-state index contributed by atoms with van der Waals surface area (Å²) in [5.74, 6) is -2.78. The van der Waals surface area contributed by atoms with E-state index in [9.17, 15) is 29.3 Å². The lowest BCUT2D eigenvalue weighted by Gasteiger charge is -2.28. The number of nitro benzene ring substituents is 1. The zero-order chi connectivity index (χ0) is 26.8. The molecule has 0 spiro atoms. The number of primary amides is 1. The Bertz CT molecular complexity index is 984. The number of nitrogens with zero attached hydrogens (tertiary/aromatic N) is 1. The molecule has 0 radical (unpaired) electrons. The van der Waals surface area contributed by atoms with Crippen LogP contribution < -0.4 is 27.0 Å². The standard InChI is InChI=1S/C24H36N6O6/c1-4-6-7-8-19-23(33)27-18(21(25)31)11-12-26-17-10-9-15(30(35)36)13-16(17)22(32)29-20(14(3)5-2)24(34)28-19/h9-10,13-14,18-20,26H,4-8,11-12H2,1-3H3,(H2,25,31)(H,27,33)(H,28,34)(H,29,32)/t14-,18+,19+,20+/m1/s1. The molecule has 0 bridgehead atoms. The summed E-state index contributed by atoms with van der Waals surface area (Å²) < 4.78 is 0. The van der Waals surface area contributed by atoms with Crippen molar-refractivity contribution in [1.82, 2.24) is 16.0 Å². The Kier molecular flexibility index (Phi) is 10.6. The number of amides is 4. The minimum absolute atomic E-state index is 0.0125. The van der Waals surface area contributed by atoms with Crippen LogP contribution in [-0.2, 0) is 14.4 Å². The number of benzene rings is 1. The van der Waals surface area contributed by atoms with Crippen LogP contribution in [0.15, 0.2) is 18.2 Å². The van der Waals surface area contributed by atoms with Crippen molar-refractivity contribution in [2.75, 3.05) is 11.9 Å². The fourth-order valence-corrected chi connectivity index (χ4v) is 3.95. The number of non-ortho nitro benzene ring substituents is 1. The Morgan fingerprint density at radius 1 is 1.14 bits per heavy atom. The molecule has 0 saturated carbocycles. The van der Waals surface area contributed by atoms with Gasteiger partial charge in [-0.05, 0) is 24.8 Å². The quantitative estimate of drug-likeness (QED) is 0.202. The normalized spacial score (nSPS) is 22.1. The lowest BCUT2D eigenvalue weighted by atomic mass is 9.96. The minimum atomic E-state index is -1.01. The summed E-state index contributed by atoms with van der Waals surface area (Å²) in [6.45, 7) is 5.81. The van der Waals surface area contributed by atoms with Crippen LogP contribution >= 0.6 is 0 Å². The van der Waals surface area contributed by atoms with Crippen molar-refractivity contribution in [2.45, 2.75) is 77.4 Å². The Morgan fingerprint density at radius 2 is 1.86 bits per heavy atom. The second kappa shape index (κ2) is 13.4. The highest BCUT2D eigenvalue weighted by Gasteiger charge is 2.32. The molecule has 0 unspecified atom stereocenters. The number of fused-ring (bicyclic) bond motifs is 1. The van der Waals surface area contributed by atoms with Crippen LogP contribution in [0, 0.1) is 16.0 Å². The predicted octanol–water partition coefficient (Wildman–Crippen LogP) is 1.59. The molecular weight excluding hydrogens is 468 g/mol. The van der Waals surface area contributed by atoms with Crippen LogP contribution in [0.4, 0.5) is 11.4 Å². The van der Waals surface area contributed by atoms with Crippen LogP contribution in [0.3, 0.4) is 0 Å². The van der Waals surface area contributed by atoms with E-state index in [-0.39, 0.29) is 35.8 Å².